The van der Waals surface area contributed by atoms with Gasteiger partial charge in [0.2, 0.25) is 0 Å². The van der Waals surface area contributed by atoms with Gasteiger partial charge in [-0.25, -0.2) is 4.39 Å². The first-order chi connectivity index (χ1) is 10.6. The van der Waals surface area contributed by atoms with E-state index < -0.39 is 5.82 Å². The van der Waals surface area contributed by atoms with Crippen molar-refractivity contribution in [1.82, 2.24) is 4.98 Å². The molecule has 112 valence electrons. The first-order valence-electron chi connectivity index (χ1n) is 6.74. The van der Waals surface area contributed by atoms with Gasteiger partial charge in [-0.1, -0.05) is 0 Å². The molecular formula is C17H15FN2O2. The van der Waals surface area contributed by atoms with E-state index in [2.05, 4.69) is 4.98 Å². The lowest BCUT2D eigenvalue weighted by atomic mass is 10.1. The number of ether oxygens (including phenoxy) is 2. The Morgan fingerprint density at radius 2 is 1.91 bits per heavy atom. The Kier molecular flexibility index (Phi) is 3.55. The van der Waals surface area contributed by atoms with Crippen molar-refractivity contribution >= 4 is 16.6 Å². The molecule has 0 radical (unpaired) electrons. The average Bonchev–Trinajstić information content (AvgIpc) is 2.51. The maximum atomic E-state index is 13.5. The van der Waals surface area contributed by atoms with Gasteiger partial charge < -0.3 is 15.2 Å². The van der Waals surface area contributed by atoms with Crippen molar-refractivity contribution in [3.05, 3.63) is 54.0 Å². The maximum Gasteiger partial charge on any atom is 0.149 e. The predicted octanol–water partition coefficient (Wildman–Crippen LogP) is 4.07. The number of aromatic nitrogens is 1. The molecule has 2 N–H and O–H groups in total. The number of fused-ring (bicyclic) bond motifs is 1. The number of nitrogen functional groups attached to an aromatic ring is 1. The first kappa shape index (κ1) is 14.1. The molecule has 0 saturated carbocycles. The fourth-order valence-electron chi connectivity index (χ4n) is 2.26. The molecule has 22 heavy (non-hydrogen) atoms. The normalized spacial score (nSPS) is 10.7. The quantitative estimate of drug-likeness (QED) is 0.741. The molecular weight excluding hydrogens is 283 g/mol. The fraction of sp³-hybridized carbons (Fsp3) is 0.118. The summed E-state index contributed by atoms with van der Waals surface area (Å²) >= 11 is 0. The van der Waals surface area contributed by atoms with Gasteiger partial charge in [-0.2, -0.15) is 0 Å². The van der Waals surface area contributed by atoms with Crippen LogP contribution in [0, 0.1) is 12.7 Å². The molecule has 0 aliphatic rings. The maximum absolute atomic E-state index is 13.5. The molecule has 1 heterocycles. The van der Waals surface area contributed by atoms with Crippen LogP contribution < -0.4 is 15.2 Å². The van der Waals surface area contributed by atoms with E-state index in [-0.39, 0.29) is 5.69 Å². The van der Waals surface area contributed by atoms with Gasteiger partial charge in [0.1, 0.15) is 23.1 Å². The molecule has 2 aromatic carbocycles. The van der Waals surface area contributed by atoms with Crippen molar-refractivity contribution in [2.75, 3.05) is 12.8 Å². The molecule has 0 aliphatic heterocycles. The molecule has 3 rings (SSSR count). The van der Waals surface area contributed by atoms with Crippen molar-refractivity contribution in [2.45, 2.75) is 6.92 Å². The molecule has 5 heteroatoms. The molecule has 1 aromatic heterocycles. The highest BCUT2D eigenvalue weighted by molar-refractivity contribution is 5.87. The lowest BCUT2D eigenvalue weighted by Gasteiger charge is -2.11. The van der Waals surface area contributed by atoms with Crippen molar-refractivity contribution in [1.29, 1.82) is 0 Å². The summed E-state index contributed by atoms with van der Waals surface area (Å²) in [6.45, 7) is 1.94. The van der Waals surface area contributed by atoms with Crippen LogP contribution in [-0.2, 0) is 0 Å². The van der Waals surface area contributed by atoms with E-state index in [1.807, 2.05) is 19.1 Å². The Morgan fingerprint density at radius 3 is 2.64 bits per heavy atom. The smallest absolute Gasteiger partial charge is 0.149 e. The molecule has 0 bridgehead atoms. The minimum atomic E-state index is -0.506. The van der Waals surface area contributed by atoms with E-state index in [0.29, 0.717) is 11.5 Å². The molecule has 0 saturated heterocycles. The number of methoxy groups -OCH3 is 1. The van der Waals surface area contributed by atoms with Crippen LogP contribution in [0.3, 0.4) is 0 Å². The third-order valence-electron chi connectivity index (χ3n) is 3.42. The molecule has 0 atom stereocenters. The van der Waals surface area contributed by atoms with Crippen LogP contribution in [0.15, 0.2) is 42.6 Å². The summed E-state index contributed by atoms with van der Waals surface area (Å²) in [7, 11) is 1.62. The Labute approximate surface area is 127 Å². The summed E-state index contributed by atoms with van der Waals surface area (Å²) < 4.78 is 24.6. The summed E-state index contributed by atoms with van der Waals surface area (Å²) in [5.41, 5.74) is 7.28. The third-order valence-corrected chi connectivity index (χ3v) is 3.42. The fourth-order valence-corrected chi connectivity index (χ4v) is 2.26. The van der Waals surface area contributed by atoms with Gasteiger partial charge in [-0.15, -0.1) is 0 Å². The van der Waals surface area contributed by atoms with Crippen LogP contribution >= 0.6 is 0 Å². The summed E-state index contributed by atoms with van der Waals surface area (Å²) in [6, 6.07) is 9.88. The van der Waals surface area contributed by atoms with Crippen molar-refractivity contribution < 1.29 is 13.9 Å². The van der Waals surface area contributed by atoms with Crippen LogP contribution in [0.4, 0.5) is 10.1 Å². The van der Waals surface area contributed by atoms with Crippen molar-refractivity contribution in [2.24, 2.45) is 0 Å². The van der Waals surface area contributed by atoms with E-state index in [0.717, 1.165) is 22.2 Å². The zero-order chi connectivity index (χ0) is 15.7. The second kappa shape index (κ2) is 5.52. The van der Waals surface area contributed by atoms with Crippen LogP contribution in [-0.4, -0.2) is 12.1 Å². The number of hydrogen-bond acceptors (Lipinski definition) is 4. The topological polar surface area (TPSA) is 57.4 Å². The Bertz CT molecular complexity index is 849. The second-order valence-corrected chi connectivity index (χ2v) is 4.93. The summed E-state index contributed by atoms with van der Waals surface area (Å²) in [5, 5.41) is 0.832. The van der Waals surface area contributed by atoms with E-state index in [4.69, 9.17) is 15.2 Å². The van der Waals surface area contributed by atoms with Gasteiger partial charge >= 0.3 is 0 Å². The molecule has 0 spiro atoms. The second-order valence-electron chi connectivity index (χ2n) is 4.93. The predicted molar refractivity (Wildman–Crippen MR) is 83.9 cm³/mol. The van der Waals surface area contributed by atoms with Crippen molar-refractivity contribution in [3.8, 4) is 17.2 Å². The van der Waals surface area contributed by atoms with E-state index in [1.165, 1.54) is 12.1 Å². The highest BCUT2D eigenvalue weighted by atomic mass is 19.1. The summed E-state index contributed by atoms with van der Waals surface area (Å²) in [4.78, 5) is 4.31. The SMILES string of the molecule is COc1cc2nccc(Oc3ccc(N)c(F)c3)c2cc1C. The molecule has 0 fully saturated rings. The summed E-state index contributed by atoms with van der Waals surface area (Å²) in [6.07, 6.45) is 1.64. The zero-order valence-corrected chi connectivity index (χ0v) is 12.3. The van der Waals surface area contributed by atoms with Gasteiger partial charge in [0.15, 0.2) is 0 Å². The largest absolute Gasteiger partial charge is 0.496 e. The van der Waals surface area contributed by atoms with Crippen LogP contribution in [0.2, 0.25) is 0 Å². The minimum absolute atomic E-state index is 0.0903. The number of hydrogen-bond donors (Lipinski definition) is 1. The minimum Gasteiger partial charge on any atom is -0.496 e. The average molecular weight is 298 g/mol. The number of aryl methyl sites for hydroxylation is 1. The number of nitrogens with zero attached hydrogens (tertiary/aromatic N) is 1. The number of rotatable bonds is 3. The van der Waals surface area contributed by atoms with Crippen LogP contribution in [0.1, 0.15) is 5.56 Å². The third kappa shape index (κ3) is 2.53. The summed E-state index contributed by atoms with van der Waals surface area (Å²) in [5.74, 6) is 1.23. The standard InChI is InChI=1S/C17H15FN2O2/c1-10-7-12-15(9-17(10)21-2)20-6-5-16(12)22-11-3-4-14(19)13(18)8-11/h3-9H,19H2,1-2H3. The van der Waals surface area contributed by atoms with Gasteiger partial charge in [0, 0.05) is 23.7 Å². The Balaban J connectivity index is 2.06. The van der Waals surface area contributed by atoms with Gasteiger partial charge in [-0.3, -0.25) is 4.98 Å². The van der Waals surface area contributed by atoms with E-state index >= 15 is 0 Å². The van der Waals surface area contributed by atoms with Gasteiger partial charge in [0.05, 0.1) is 18.3 Å². The Hall–Kier alpha value is -2.82. The van der Waals surface area contributed by atoms with Crippen molar-refractivity contribution in [3.63, 3.8) is 0 Å². The Morgan fingerprint density at radius 1 is 1.09 bits per heavy atom. The number of anilines is 1. The first-order valence-corrected chi connectivity index (χ1v) is 6.74. The van der Waals surface area contributed by atoms with Gasteiger partial charge in [-0.05, 0) is 36.8 Å². The monoisotopic (exact) mass is 298 g/mol. The van der Waals surface area contributed by atoms with E-state index in [9.17, 15) is 4.39 Å². The molecule has 0 unspecified atom stereocenters. The molecule has 3 aromatic rings. The van der Waals surface area contributed by atoms with E-state index in [1.54, 1.807) is 25.4 Å². The lowest BCUT2D eigenvalue weighted by molar-refractivity contribution is 0.412. The molecule has 0 amide bonds. The highest BCUT2D eigenvalue weighted by Gasteiger charge is 2.09. The van der Waals surface area contributed by atoms with Crippen LogP contribution in [0.5, 0.6) is 17.2 Å². The highest BCUT2D eigenvalue weighted by Crippen LogP contribution is 2.33. The molecule has 4 nitrogen and oxygen atoms in total. The lowest BCUT2D eigenvalue weighted by Crippen LogP contribution is -1.93. The number of nitrogens with two attached hydrogens (primary N) is 1. The zero-order valence-electron chi connectivity index (χ0n) is 12.3. The number of benzene rings is 2. The number of halogens is 1. The molecule has 0 aliphatic carbocycles. The van der Waals surface area contributed by atoms with Crippen LogP contribution in [0.25, 0.3) is 10.9 Å². The number of pyridine rings is 1. The van der Waals surface area contributed by atoms with Gasteiger partial charge in [0.25, 0.3) is 0 Å².